The summed E-state index contributed by atoms with van der Waals surface area (Å²) in [6, 6.07) is 6.95. The number of nitrogens with zero attached hydrogens (tertiary/aromatic N) is 1. The quantitative estimate of drug-likeness (QED) is 0.893. The first kappa shape index (κ1) is 15.8. The first-order valence-corrected chi connectivity index (χ1v) is 7.68. The molecule has 2 N–H and O–H groups in total. The first-order valence-electron chi connectivity index (χ1n) is 7.31. The number of quaternary nitrogens is 1. The predicted molar refractivity (Wildman–Crippen MR) is 83.3 cm³/mol. The molecule has 1 aliphatic rings. The average Bonchev–Trinajstić information content (AvgIpc) is 2.37. The van der Waals surface area contributed by atoms with Crippen molar-refractivity contribution in [3.05, 3.63) is 28.8 Å². The number of halogens is 1. The fourth-order valence-electron chi connectivity index (χ4n) is 3.21. The van der Waals surface area contributed by atoms with Gasteiger partial charge in [-0.3, -0.25) is 4.79 Å². The Bertz CT molecular complexity index is 557. The molecule has 0 bridgehead atoms. The molecule has 112 valence electrons. The molecule has 1 aromatic carbocycles. The largest absolute Gasteiger partial charge is 0.327 e. The topological polar surface area (TPSA) is 57.3 Å². The highest BCUT2D eigenvalue weighted by atomic mass is 35.5. The number of hydrogen-bond acceptors (Lipinski definition) is 2. The number of hydrogen-bond donors (Lipinski definition) is 2. The van der Waals surface area contributed by atoms with Gasteiger partial charge in [0.2, 0.25) is 0 Å². The van der Waals surface area contributed by atoms with Gasteiger partial charge in [0.15, 0.2) is 6.54 Å². The summed E-state index contributed by atoms with van der Waals surface area (Å²) in [5, 5.41) is 12.4. The number of piperidine rings is 1. The van der Waals surface area contributed by atoms with E-state index in [0.29, 0.717) is 34.7 Å². The molecule has 1 aromatic rings. The molecule has 1 aliphatic heterocycles. The van der Waals surface area contributed by atoms with E-state index in [4.69, 9.17) is 16.9 Å². The third kappa shape index (κ3) is 4.45. The van der Waals surface area contributed by atoms with E-state index >= 15 is 0 Å². The monoisotopic (exact) mass is 306 g/mol. The fraction of sp³-hybridized carbons (Fsp3) is 0.500. The van der Waals surface area contributed by atoms with Crippen LogP contribution in [-0.2, 0) is 4.79 Å². The van der Waals surface area contributed by atoms with E-state index in [9.17, 15) is 4.79 Å². The Labute approximate surface area is 130 Å². The highest BCUT2D eigenvalue weighted by Crippen LogP contribution is 2.20. The average molecular weight is 307 g/mol. The molecule has 0 radical (unpaired) electrons. The van der Waals surface area contributed by atoms with E-state index in [1.165, 1.54) is 11.3 Å². The first-order chi connectivity index (χ1) is 9.97. The Hall–Kier alpha value is -1.57. The van der Waals surface area contributed by atoms with Gasteiger partial charge in [-0.25, -0.2) is 0 Å². The van der Waals surface area contributed by atoms with Crippen LogP contribution in [0.4, 0.5) is 5.69 Å². The van der Waals surface area contributed by atoms with E-state index in [-0.39, 0.29) is 5.91 Å². The standard InChI is InChI=1S/C16H20ClN3O/c1-11-5-12(2)9-20(8-11)10-16(21)19-15-6-14(17)4-3-13(15)7-18/h3-4,6,11-12H,5,8-10H2,1-2H3,(H,19,21)/p+1/t11-,12-/m0/s1. The highest BCUT2D eigenvalue weighted by Gasteiger charge is 2.26. The van der Waals surface area contributed by atoms with Gasteiger partial charge in [0.25, 0.3) is 5.91 Å². The number of nitriles is 1. The Balaban J connectivity index is 1.99. The SMILES string of the molecule is C[C@H]1C[C@H](C)C[NH+](CC(=O)Nc2cc(Cl)ccc2C#N)C1. The lowest BCUT2D eigenvalue weighted by Gasteiger charge is -2.31. The molecule has 0 aliphatic carbocycles. The number of amides is 1. The summed E-state index contributed by atoms with van der Waals surface area (Å²) < 4.78 is 0. The van der Waals surface area contributed by atoms with Crippen LogP contribution in [0.1, 0.15) is 25.8 Å². The number of anilines is 1. The maximum Gasteiger partial charge on any atom is 0.279 e. The Morgan fingerprint density at radius 3 is 2.71 bits per heavy atom. The molecule has 0 saturated carbocycles. The highest BCUT2D eigenvalue weighted by molar-refractivity contribution is 6.31. The van der Waals surface area contributed by atoms with Crippen molar-refractivity contribution < 1.29 is 9.69 Å². The van der Waals surface area contributed by atoms with Gasteiger partial charge in [0, 0.05) is 16.9 Å². The zero-order valence-electron chi connectivity index (χ0n) is 12.4. The van der Waals surface area contributed by atoms with E-state index in [1.54, 1.807) is 18.2 Å². The number of carbonyl (C=O) groups excluding carboxylic acids is 1. The molecule has 0 aromatic heterocycles. The van der Waals surface area contributed by atoms with Crippen LogP contribution < -0.4 is 10.2 Å². The molecule has 5 heteroatoms. The maximum atomic E-state index is 12.2. The molecular formula is C16H21ClN3O+. The molecule has 1 amide bonds. The minimum Gasteiger partial charge on any atom is -0.327 e. The lowest BCUT2D eigenvalue weighted by Crippen LogP contribution is -3.15. The molecule has 1 fully saturated rings. The molecule has 1 heterocycles. The van der Waals surface area contributed by atoms with Gasteiger partial charge >= 0.3 is 0 Å². The van der Waals surface area contributed by atoms with Gasteiger partial charge in [-0.1, -0.05) is 25.4 Å². The summed E-state index contributed by atoms with van der Waals surface area (Å²) in [4.78, 5) is 13.5. The summed E-state index contributed by atoms with van der Waals surface area (Å²) in [5.41, 5.74) is 0.927. The Kier molecular flexibility index (Phi) is 5.22. The van der Waals surface area contributed by atoms with E-state index in [2.05, 4.69) is 25.2 Å². The summed E-state index contributed by atoms with van der Waals surface area (Å²) in [5.74, 6) is 1.24. The number of rotatable bonds is 3. The second kappa shape index (κ2) is 6.93. The molecule has 4 nitrogen and oxygen atoms in total. The predicted octanol–water partition coefficient (Wildman–Crippen LogP) is 1.71. The van der Waals surface area contributed by atoms with Crippen molar-refractivity contribution in [2.45, 2.75) is 20.3 Å². The Morgan fingerprint density at radius 2 is 2.10 bits per heavy atom. The number of benzene rings is 1. The lowest BCUT2D eigenvalue weighted by molar-refractivity contribution is -0.904. The minimum atomic E-state index is -0.0648. The zero-order valence-corrected chi connectivity index (χ0v) is 13.2. The van der Waals surface area contributed by atoms with Gasteiger partial charge in [-0.15, -0.1) is 0 Å². The van der Waals surface area contributed by atoms with Crippen molar-refractivity contribution in [2.24, 2.45) is 11.8 Å². The third-order valence-electron chi connectivity index (χ3n) is 3.87. The van der Waals surface area contributed by atoms with Crippen LogP contribution in [-0.4, -0.2) is 25.5 Å². The molecular weight excluding hydrogens is 286 g/mol. The smallest absolute Gasteiger partial charge is 0.279 e. The molecule has 2 atom stereocenters. The van der Waals surface area contributed by atoms with Gasteiger partial charge in [0.1, 0.15) is 6.07 Å². The second-order valence-electron chi connectivity index (χ2n) is 6.13. The summed E-state index contributed by atoms with van der Waals surface area (Å²) in [6.07, 6.45) is 1.23. The van der Waals surface area contributed by atoms with E-state index in [1.807, 2.05) is 0 Å². The van der Waals surface area contributed by atoms with Crippen LogP contribution in [0.25, 0.3) is 0 Å². The van der Waals surface area contributed by atoms with Gasteiger partial charge < -0.3 is 10.2 Å². The normalized spacial score (nSPS) is 25.1. The van der Waals surface area contributed by atoms with Gasteiger partial charge in [0.05, 0.1) is 24.3 Å². The van der Waals surface area contributed by atoms with Crippen molar-refractivity contribution in [2.75, 3.05) is 25.0 Å². The number of likely N-dealkylation sites (tertiary alicyclic amines) is 1. The molecule has 21 heavy (non-hydrogen) atoms. The fourth-order valence-corrected chi connectivity index (χ4v) is 3.38. The van der Waals surface area contributed by atoms with Crippen LogP contribution in [0.15, 0.2) is 18.2 Å². The molecule has 0 unspecified atom stereocenters. The third-order valence-corrected chi connectivity index (χ3v) is 4.10. The van der Waals surface area contributed by atoms with Gasteiger partial charge in [-0.05, 0) is 24.6 Å². The van der Waals surface area contributed by atoms with E-state index < -0.39 is 0 Å². The summed E-state index contributed by atoms with van der Waals surface area (Å²) in [7, 11) is 0. The lowest BCUT2D eigenvalue weighted by atomic mass is 9.92. The number of nitrogens with one attached hydrogen (secondary N) is 2. The van der Waals surface area contributed by atoms with Crippen LogP contribution in [0.2, 0.25) is 5.02 Å². The van der Waals surface area contributed by atoms with Gasteiger partial charge in [-0.2, -0.15) is 5.26 Å². The van der Waals surface area contributed by atoms with Crippen LogP contribution in [0.3, 0.4) is 0 Å². The summed E-state index contributed by atoms with van der Waals surface area (Å²) >= 11 is 5.92. The van der Waals surface area contributed by atoms with Crippen molar-refractivity contribution in [1.29, 1.82) is 5.26 Å². The van der Waals surface area contributed by atoms with Crippen molar-refractivity contribution in [1.82, 2.24) is 0 Å². The number of carbonyl (C=O) groups is 1. The Morgan fingerprint density at radius 1 is 1.43 bits per heavy atom. The zero-order chi connectivity index (χ0) is 15.4. The second-order valence-corrected chi connectivity index (χ2v) is 6.57. The van der Waals surface area contributed by atoms with Crippen LogP contribution in [0.5, 0.6) is 0 Å². The molecule has 1 saturated heterocycles. The molecule has 2 rings (SSSR count). The van der Waals surface area contributed by atoms with Crippen LogP contribution in [0, 0.1) is 23.2 Å². The summed E-state index contributed by atoms with van der Waals surface area (Å²) in [6.45, 7) is 6.96. The van der Waals surface area contributed by atoms with Crippen molar-refractivity contribution in [3.8, 4) is 6.07 Å². The molecule has 0 spiro atoms. The van der Waals surface area contributed by atoms with Crippen molar-refractivity contribution in [3.63, 3.8) is 0 Å². The van der Waals surface area contributed by atoms with Crippen molar-refractivity contribution >= 4 is 23.2 Å². The van der Waals surface area contributed by atoms with E-state index in [0.717, 1.165) is 13.1 Å². The van der Waals surface area contributed by atoms with Crippen LogP contribution >= 0.6 is 11.6 Å². The maximum absolute atomic E-state index is 12.2. The minimum absolute atomic E-state index is 0.0648.